The Balaban J connectivity index is 2.09. The monoisotopic (exact) mass is 413 g/mol. The average Bonchev–Trinajstić information content (AvgIpc) is 2.94. The van der Waals surface area contributed by atoms with Crippen molar-refractivity contribution in [1.82, 2.24) is 10.2 Å². The summed E-state index contributed by atoms with van der Waals surface area (Å²) >= 11 is 5.78. The van der Waals surface area contributed by atoms with E-state index in [1.165, 1.54) is 29.4 Å². The van der Waals surface area contributed by atoms with Crippen LogP contribution in [0.1, 0.15) is 17.5 Å². The predicted octanol–water partition coefficient (Wildman–Crippen LogP) is 3.80. The van der Waals surface area contributed by atoms with Crippen LogP contribution in [-0.4, -0.2) is 49.6 Å². The Labute approximate surface area is 167 Å². The minimum absolute atomic E-state index is 0.0233. The van der Waals surface area contributed by atoms with E-state index in [0.717, 1.165) is 0 Å². The van der Waals surface area contributed by atoms with Crippen molar-refractivity contribution in [3.63, 3.8) is 0 Å². The smallest absolute Gasteiger partial charge is 0.270 e. The molecule has 1 aliphatic rings. The molecule has 0 aliphatic carbocycles. The number of nitrogens with two attached hydrogens (primary N) is 1. The number of likely N-dealkylation sites (tertiary alicyclic amines) is 1. The molecule has 1 atom stereocenters. The van der Waals surface area contributed by atoms with Crippen molar-refractivity contribution >= 4 is 35.9 Å². The van der Waals surface area contributed by atoms with Crippen LogP contribution in [0.25, 0.3) is 5.70 Å². The first-order chi connectivity index (χ1) is 13.2. The Morgan fingerprint density at radius 3 is 2.89 bits per heavy atom. The number of allylic oxidation sites excluding steroid dienone is 1. The Morgan fingerprint density at radius 1 is 1.50 bits per heavy atom. The van der Waals surface area contributed by atoms with E-state index in [1.54, 1.807) is 6.92 Å². The fourth-order valence-electron chi connectivity index (χ4n) is 3.03. The van der Waals surface area contributed by atoms with Crippen LogP contribution in [0.4, 0.5) is 18.9 Å². The summed E-state index contributed by atoms with van der Waals surface area (Å²) in [6, 6.07) is 1.60. The highest BCUT2D eigenvalue weighted by Gasteiger charge is 2.49. The Morgan fingerprint density at radius 2 is 2.21 bits per heavy atom. The molecule has 2 rings (SSSR count). The van der Waals surface area contributed by atoms with E-state index in [2.05, 4.69) is 28.6 Å². The van der Waals surface area contributed by atoms with Crippen LogP contribution in [-0.2, 0) is 0 Å². The van der Waals surface area contributed by atoms with Gasteiger partial charge in [-0.3, -0.25) is 15.3 Å². The Bertz CT molecular complexity index is 807. The number of nitrogen functional groups attached to an aromatic ring is 1. The zero-order chi connectivity index (χ0) is 20.9. The lowest BCUT2D eigenvalue weighted by Crippen LogP contribution is -2.45. The molecule has 5 nitrogen and oxygen atoms in total. The molecule has 0 bridgehead atoms. The number of nitrogens with zero attached hydrogens (tertiary/aromatic N) is 3. The van der Waals surface area contributed by atoms with E-state index in [1.807, 2.05) is 0 Å². The van der Waals surface area contributed by atoms with Crippen molar-refractivity contribution in [3.8, 4) is 0 Å². The fourth-order valence-corrected chi connectivity index (χ4v) is 3.17. The van der Waals surface area contributed by atoms with Gasteiger partial charge >= 0.3 is 0 Å². The molecule has 1 aliphatic heterocycles. The average molecular weight is 414 g/mol. The molecular weight excluding hydrogens is 391 g/mol. The molecule has 1 unspecified atom stereocenters. The number of anilines is 1. The quantitative estimate of drug-likeness (QED) is 0.387. The van der Waals surface area contributed by atoms with E-state index in [9.17, 15) is 13.2 Å². The molecule has 0 aromatic heterocycles. The molecule has 0 spiro atoms. The lowest BCUT2D eigenvalue weighted by Gasteiger charge is -2.31. The van der Waals surface area contributed by atoms with E-state index in [-0.39, 0.29) is 42.5 Å². The van der Waals surface area contributed by atoms with Gasteiger partial charge in [-0.2, -0.15) is 0 Å². The standard InChI is InChI=1S/C19H23ClF3N5/c1-12-16(21)5-4-15(18(12)24)13(2)28-7-6-19(22,23)17(28)10-27-11-26-9-14(20)8-25-3/h4-5,8-9,17,27H,2-3,6-7,10-11,24H2,1H3/b14-8+,26-9-. The zero-order valence-corrected chi connectivity index (χ0v) is 16.3. The molecular formula is C19H23ClF3N5. The van der Waals surface area contributed by atoms with Crippen molar-refractivity contribution in [2.24, 2.45) is 9.98 Å². The van der Waals surface area contributed by atoms with Gasteiger partial charge in [0.1, 0.15) is 11.9 Å². The summed E-state index contributed by atoms with van der Waals surface area (Å²) in [5.74, 6) is -3.36. The minimum atomic E-state index is -2.91. The molecule has 1 aromatic carbocycles. The molecule has 0 radical (unpaired) electrons. The third-order valence-corrected chi connectivity index (χ3v) is 4.82. The van der Waals surface area contributed by atoms with Gasteiger partial charge in [0.05, 0.1) is 11.7 Å². The van der Waals surface area contributed by atoms with Crippen LogP contribution in [0.2, 0.25) is 0 Å². The number of hydrogen-bond donors (Lipinski definition) is 2. The molecule has 1 aromatic rings. The van der Waals surface area contributed by atoms with Gasteiger partial charge < -0.3 is 10.6 Å². The van der Waals surface area contributed by atoms with Gasteiger partial charge in [-0.1, -0.05) is 18.2 Å². The van der Waals surface area contributed by atoms with Gasteiger partial charge in [0.2, 0.25) is 0 Å². The van der Waals surface area contributed by atoms with Crippen LogP contribution in [0.5, 0.6) is 0 Å². The number of alkyl halides is 2. The molecule has 1 saturated heterocycles. The van der Waals surface area contributed by atoms with Gasteiger partial charge in [-0.15, -0.1) is 0 Å². The Kier molecular flexibility index (Phi) is 7.26. The third kappa shape index (κ3) is 4.94. The second-order valence-electron chi connectivity index (χ2n) is 6.42. The first-order valence-electron chi connectivity index (χ1n) is 8.59. The molecule has 28 heavy (non-hydrogen) atoms. The highest BCUT2D eigenvalue weighted by molar-refractivity contribution is 6.39. The van der Waals surface area contributed by atoms with E-state index >= 15 is 0 Å². The maximum atomic E-state index is 14.4. The fraction of sp³-hybridized carbons (Fsp3) is 0.368. The van der Waals surface area contributed by atoms with E-state index in [4.69, 9.17) is 17.3 Å². The number of rotatable bonds is 8. The number of benzene rings is 1. The summed E-state index contributed by atoms with van der Waals surface area (Å²) < 4.78 is 42.5. The molecule has 3 N–H and O–H groups in total. The lowest BCUT2D eigenvalue weighted by molar-refractivity contribution is -0.0235. The topological polar surface area (TPSA) is 66.0 Å². The van der Waals surface area contributed by atoms with Gasteiger partial charge in [0.25, 0.3) is 5.92 Å². The number of aliphatic imine (C=N–C) groups is 2. The maximum absolute atomic E-state index is 14.4. The van der Waals surface area contributed by atoms with Crippen LogP contribution < -0.4 is 11.1 Å². The molecule has 9 heteroatoms. The summed E-state index contributed by atoms with van der Waals surface area (Å²) in [4.78, 5) is 8.99. The summed E-state index contributed by atoms with van der Waals surface area (Å²) in [5, 5.41) is 3.15. The van der Waals surface area contributed by atoms with Crippen molar-refractivity contribution < 1.29 is 13.2 Å². The highest BCUT2D eigenvalue weighted by Crippen LogP contribution is 2.39. The SMILES string of the molecule is C=N/C=C(Cl)\C=N/CNCC1N(C(=C)c2ccc(F)c(C)c2N)CCC1(F)F. The second-order valence-corrected chi connectivity index (χ2v) is 6.86. The van der Waals surface area contributed by atoms with Crippen LogP contribution in [0.3, 0.4) is 0 Å². The molecule has 0 saturated carbocycles. The van der Waals surface area contributed by atoms with Crippen molar-refractivity contribution in [3.05, 3.63) is 46.9 Å². The van der Waals surface area contributed by atoms with Crippen molar-refractivity contribution in [2.75, 3.05) is 25.5 Å². The number of hydrogen-bond acceptors (Lipinski definition) is 5. The van der Waals surface area contributed by atoms with Crippen molar-refractivity contribution in [2.45, 2.75) is 25.3 Å². The van der Waals surface area contributed by atoms with Gasteiger partial charge in [0.15, 0.2) is 0 Å². The Hall–Kier alpha value is -2.32. The van der Waals surface area contributed by atoms with Crippen LogP contribution in [0, 0.1) is 12.7 Å². The largest absolute Gasteiger partial charge is 0.398 e. The summed E-state index contributed by atoms with van der Waals surface area (Å²) in [6.45, 7) is 8.94. The van der Waals surface area contributed by atoms with Gasteiger partial charge in [-0.25, -0.2) is 13.2 Å². The third-order valence-electron chi connectivity index (χ3n) is 4.63. The lowest BCUT2D eigenvalue weighted by atomic mass is 10.0. The molecule has 0 amide bonds. The second kappa shape index (κ2) is 9.25. The molecule has 1 fully saturated rings. The van der Waals surface area contributed by atoms with Crippen molar-refractivity contribution in [1.29, 1.82) is 0 Å². The highest BCUT2D eigenvalue weighted by atomic mass is 35.5. The number of nitrogens with one attached hydrogen (secondary N) is 1. The summed E-state index contributed by atoms with van der Waals surface area (Å²) in [7, 11) is 0. The normalized spacial score (nSPS) is 19.4. The maximum Gasteiger partial charge on any atom is 0.270 e. The van der Waals surface area contributed by atoms with Gasteiger partial charge in [0, 0.05) is 54.4 Å². The number of halogens is 4. The summed E-state index contributed by atoms with van der Waals surface area (Å²) in [5.41, 5.74) is 7.25. The van der Waals surface area contributed by atoms with Crippen LogP contribution >= 0.6 is 11.6 Å². The zero-order valence-electron chi connectivity index (χ0n) is 15.6. The summed E-state index contributed by atoms with van der Waals surface area (Å²) in [6.07, 6.45) is 2.37. The minimum Gasteiger partial charge on any atom is -0.398 e. The van der Waals surface area contributed by atoms with Gasteiger partial charge in [-0.05, 0) is 25.8 Å². The van der Waals surface area contributed by atoms with Crippen LogP contribution in [0.15, 0.2) is 39.9 Å². The first kappa shape index (κ1) is 22.0. The molecule has 1 heterocycles. The predicted molar refractivity (Wildman–Crippen MR) is 109 cm³/mol. The van der Waals surface area contributed by atoms with E-state index in [0.29, 0.717) is 11.3 Å². The first-order valence-corrected chi connectivity index (χ1v) is 8.97. The van der Waals surface area contributed by atoms with E-state index < -0.39 is 17.8 Å². The molecule has 152 valence electrons.